The van der Waals surface area contributed by atoms with E-state index in [0.29, 0.717) is 30.1 Å². The Morgan fingerprint density at radius 2 is 1.61 bits per heavy atom. The van der Waals surface area contributed by atoms with Crippen molar-refractivity contribution >= 4 is 0 Å². The van der Waals surface area contributed by atoms with Gasteiger partial charge in [0, 0.05) is 6.54 Å². The highest BCUT2D eigenvalue weighted by Crippen LogP contribution is 2.40. The first kappa shape index (κ1) is 30.7. The molecular formula is C27H29F7N4O3. The number of aromatic amines is 1. The fourth-order valence-electron chi connectivity index (χ4n) is 4.70. The van der Waals surface area contributed by atoms with Crippen molar-refractivity contribution in [2.45, 2.75) is 70.6 Å². The summed E-state index contributed by atoms with van der Waals surface area (Å²) in [7, 11) is 0. The standard InChI is InChI=1S/C27H29F7N4O3/c1-15(17-11-18(26(29,30)31)13-19(12-17)27(32,33)34)41-23-22(16-5-7-20(28)8-6-16)37(9-10-40-23)14-21-35-24(39)36-38(21)25(2,3)4/h5-8,11-13,15,22-23H,9-10,14H2,1-4H3,(H,36,39). The van der Waals surface area contributed by atoms with Crippen LogP contribution in [0.5, 0.6) is 0 Å². The molecule has 1 saturated heterocycles. The Bertz CT molecular complexity index is 1380. The highest BCUT2D eigenvalue weighted by atomic mass is 19.4. The highest BCUT2D eigenvalue weighted by Gasteiger charge is 2.40. The van der Waals surface area contributed by atoms with Crippen molar-refractivity contribution in [2.75, 3.05) is 13.2 Å². The Hall–Kier alpha value is -3.23. The maximum absolute atomic E-state index is 13.8. The van der Waals surface area contributed by atoms with Crippen molar-refractivity contribution in [3.05, 3.63) is 86.8 Å². The largest absolute Gasteiger partial charge is 0.416 e. The number of rotatable bonds is 6. The first-order valence-electron chi connectivity index (χ1n) is 12.7. The molecule has 0 radical (unpaired) electrons. The minimum absolute atomic E-state index is 0.0506. The third kappa shape index (κ3) is 7.16. The van der Waals surface area contributed by atoms with Gasteiger partial charge in [0.2, 0.25) is 0 Å². The second-order valence-corrected chi connectivity index (χ2v) is 10.8. The SMILES string of the molecule is CC(OC1OCCN(Cc2nc(=O)[nH]n2C(C)(C)C)C1c1ccc(F)cc1)c1cc(C(F)(F)F)cc(C(F)(F)F)c1. The van der Waals surface area contributed by atoms with Crippen LogP contribution < -0.4 is 5.69 Å². The van der Waals surface area contributed by atoms with Crippen LogP contribution in [0.25, 0.3) is 0 Å². The van der Waals surface area contributed by atoms with Crippen molar-refractivity contribution in [3.8, 4) is 0 Å². The molecule has 3 atom stereocenters. The lowest BCUT2D eigenvalue weighted by Crippen LogP contribution is -2.47. The summed E-state index contributed by atoms with van der Waals surface area (Å²) in [6, 6.07) is 5.88. The lowest BCUT2D eigenvalue weighted by molar-refractivity contribution is -0.231. The van der Waals surface area contributed by atoms with Crippen LogP contribution in [0.15, 0.2) is 47.3 Å². The summed E-state index contributed by atoms with van der Waals surface area (Å²) in [6.07, 6.45) is -12.5. The van der Waals surface area contributed by atoms with E-state index in [1.54, 1.807) is 4.68 Å². The van der Waals surface area contributed by atoms with E-state index in [2.05, 4.69) is 10.1 Å². The van der Waals surface area contributed by atoms with E-state index in [9.17, 15) is 35.5 Å². The molecule has 0 bridgehead atoms. The molecule has 0 saturated carbocycles. The summed E-state index contributed by atoms with van der Waals surface area (Å²) in [5.41, 5.74) is -3.85. The predicted octanol–water partition coefficient (Wildman–Crippen LogP) is 6.18. The number of halogens is 7. The molecule has 0 amide bonds. The van der Waals surface area contributed by atoms with Gasteiger partial charge in [-0.25, -0.2) is 14.3 Å². The Balaban J connectivity index is 1.70. The predicted molar refractivity (Wildman–Crippen MR) is 133 cm³/mol. The van der Waals surface area contributed by atoms with Gasteiger partial charge >= 0.3 is 18.0 Å². The molecule has 3 unspecified atom stereocenters. The summed E-state index contributed by atoms with van der Waals surface area (Å²) in [5.74, 6) is -0.128. The zero-order chi connectivity index (χ0) is 30.3. The Kier molecular flexibility index (Phi) is 8.40. The van der Waals surface area contributed by atoms with Gasteiger partial charge in [-0.2, -0.15) is 31.3 Å². The van der Waals surface area contributed by atoms with Crippen LogP contribution in [0.2, 0.25) is 0 Å². The number of alkyl halides is 6. The van der Waals surface area contributed by atoms with Gasteiger partial charge in [-0.05, 0) is 69.2 Å². The highest BCUT2D eigenvalue weighted by molar-refractivity contribution is 5.34. The van der Waals surface area contributed by atoms with Crippen molar-refractivity contribution in [1.29, 1.82) is 0 Å². The maximum Gasteiger partial charge on any atom is 0.416 e. The van der Waals surface area contributed by atoms with Gasteiger partial charge in [0.05, 0.1) is 42.0 Å². The van der Waals surface area contributed by atoms with E-state index in [1.165, 1.54) is 31.2 Å². The number of H-pyrrole nitrogens is 1. The topological polar surface area (TPSA) is 72.4 Å². The fraction of sp³-hybridized carbons (Fsp3) is 0.481. The smallest absolute Gasteiger partial charge is 0.349 e. The van der Waals surface area contributed by atoms with Crippen LogP contribution in [0, 0.1) is 5.82 Å². The Labute approximate surface area is 230 Å². The molecule has 224 valence electrons. The van der Waals surface area contributed by atoms with Gasteiger partial charge < -0.3 is 9.47 Å². The van der Waals surface area contributed by atoms with Crippen LogP contribution in [0.3, 0.4) is 0 Å². The third-order valence-electron chi connectivity index (χ3n) is 6.65. The molecule has 0 spiro atoms. The zero-order valence-electron chi connectivity index (χ0n) is 22.6. The molecule has 1 fully saturated rings. The number of ether oxygens (including phenoxy) is 2. The molecule has 2 heterocycles. The van der Waals surface area contributed by atoms with Gasteiger partial charge in [-0.1, -0.05) is 12.1 Å². The first-order valence-corrected chi connectivity index (χ1v) is 12.7. The summed E-state index contributed by atoms with van der Waals surface area (Å²) in [4.78, 5) is 18.0. The fourth-order valence-corrected chi connectivity index (χ4v) is 4.70. The van der Waals surface area contributed by atoms with Crippen molar-refractivity contribution in [2.24, 2.45) is 0 Å². The van der Waals surface area contributed by atoms with Crippen LogP contribution in [-0.2, 0) is 33.9 Å². The minimum Gasteiger partial charge on any atom is -0.349 e. The van der Waals surface area contributed by atoms with E-state index in [1.807, 2.05) is 25.7 Å². The number of hydrogen-bond acceptors (Lipinski definition) is 5. The van der Waals surface area contributed by atoms with Crippen LogP contribution in [0.1, 0.15) is 67.9 Å². The lowest BCUT2D eigenvalue weighted by Gasteiger charge is -2.42. The van der Waals surface area contributed by atoms with Gasteiger partial charge in [0.15, 0.2) is 6.29 Å². The summed E-state index contributed by atoms with van der Waals surface area (Å²) >= 11 is 0. The molecule has 3 aromatic rings. The van der Waals surface area contributed by atoms with Gasteiger partial charge in [-0.3, -0.25) is 9.58 Å². The first-order chi connectivity index (χ1) is 18.9. The molecular weight excluding hydrogens is 561 g/mol. The van der Waals surface area contributed by atoms with E-state index < -0.39 is 59.0 Å². The summed E-state index contributed by atoms with van der Waals surface area (Å²) in [6.45, 7) is 7.43. The normalized spacial score (nSPS) is 19.9. The average molecular weight is 591 g/mol. The third-order valence-corrected chi connectivity index (χ3v) is 6.65. The maximum atomic E-state index is 13.8. The van der Waals surface area contributed by atoms with E-state index in [4.69, 9.17) is 9.47 Å². The molecule has 0 aliphatic carbocycles. The van der Waals surface area contributed by atoms with Gasteiger partial charge in [0.1, 0.15) is 11.6 Å². The van der Waals surface area contributed by atoms with E-state index in [-0.39, 0.29) is 24.8 Å². The number of hydrogen-bond donors (Lipinski definition) is 1. The lowest BCUT2D eigenvalue weighted by atomic mass is 10.0. The van der Waals surface area contributed by atoms with Crippen molar-refractivity contribution in [1.82, 2.24) is 19.7 Å². The van der Waals surface area contributed by atoms with Crippen molar-refractivity contribution < 1.29 is 40.2 Å². The average Bonchev–Trinajstić information content (AvgIpc) is 3.24. The molecule has 7 nitrogen and oxygen atoms in total. The Morgan fingerprint density at radius 1 is 1.02 bits per heavy atom. The zero-order valence-corrected chi connectivity index (χ0v) is 22.6. The minimum atomic E-state index is -5.02. The van der Waals surface area contributed by atoms with Gasteiger partial charge in [-0.15, -0.1) is 0 Å². The van der Waals surface area contributed by atoms with Crippen molar-refractivity contribution in [3.63, 3.8) is 0 Å². The summed E-state index contributed by atoms with van der Waals surface area (Å²) in [5, 5.41) is 2.66. The molecule has 1 aliphatic rings. The van der Waals surface area contributed by atoms with E-state index >= 15 is 0 Å². The molecule has 1 N–H and O–H groups in total. The molecule has 14 heteroatoms. The van der Waals surface area contributed by atoms with E-state index in [0.717, 1.165) is 0 Å². The Morgan fingerprint density at radius 3 is 2.15 bits per heavy atom. The number of aromatic nitrogens is 3. The summed E-state index contributed by atoms with van der Waals surface area (Å²) < 4.78 is 108. The monoisotopic (exact) mass is 590 g/mol. The molecule has 1 aliphatic heterocycles. The van der Waals surface area contributed by atoms with Crippen LogP contribution in [-0.4, -0.2) is 39.1 Å². The van der Waals surface area contributed by atoms with Crippen LogP contribution >= 0.6 is 0 Å². The number of benzene rings is 2. The number of nitrogens with one attached hydrogen (secondary N) is 1. The van der Waals surface area contributed by atoms with Gasteiger partial charge in [0.25, 0.3) is 0 Å². The van der Waals surface area contributed by atoms with Crippen LogP contribution in [0.4, 0.5) is 30.7 Å². The molecule has 4 rings (SSSR count). The number of nitrogens with zero attached hydrogens (tertiary/aromatic N) is 3. The molecule has 41 heavy (non-hydrogen) atoms. The number of morpholine rings is 1. The second kappa shape index (κ2) is 11.2. The molecule has 1 aromatic heterocycles. The molecule has 2 aromatic carbocycles. The quantitative estimate of drug-likeness (QED) is 0.347. The second-order valence-electron chi connectivity index (χ2n) is 10.8.